The molecule has 9 heteroatoms. The van der Waals surface area contributed by atoms with Crippen molar-refractivity contribution in [2.24, 2.45) is 12.8 Å². The largest absolute Gasteiger partial charge is 0.352 e. The van der Waals surface area contributed by atoms with Gasteiger partial charge in [-0.05, 0) is 32.2 Å². The van der Waals surface area contributed by atoms with E-state index in [0.717, 1.165) is 16.5 Å². The maximum Gasteiger partial charge on any atom is 0.332 e. The molecule has 3 N–H and O–H groups in total. The zero-order valence-electron chi connectivity index (χ0n) is 19.2. The predicted octanol–water partition coefficient (Wildman–Crippen LogP) is 1.58. The van der Waals surface area contributed by atoms with Crippen LogP contribution in [0.4, 0.5) is 5.95 Å². The molecule has 0 aliphatic carbocycles. The van der Waals surface area contributed by atoms with E-state index < -0.39 is 11.2 Å². The SMILES string of the molecule is CC#CCn1c(N[C@H](C)CN)nc2c1c(=O)n(Cc1nc(C)cc3ccccc13)c(=O)n2C. The van der Waals surface area contributed by atoms with Crippen LogP contribution < -0.4 is 22.3 Å². The first-order chi connectivity index (χ1) is 15.8. The molecule has 0 aliphatic heterocycles. The summed E-state index contributed by atoms with van der Waals surface area (Å²) in [5.74, 6) is 6.30. The van der Waals surface area contributed by atoms with Crippen LogP contribution in [0.2, 0.25) is 0 Å². The molecule has 0 amide bonds. The molecule has 0 radical (unpaired) electrons. The molecule has 4 rings (SSSR count). The highest BCUT2D eigenvalue weighted by Crippen LogP contribution is 2.20. The van der Waals surface area contributed by atoms with Crippen molar-refractivity contribution in [1.29, 1.82) is 0 Å². The molecule has 9 nitrogen and oxygen atoms in total. The minimum absolute atomic E-state index is 0.0518. The van der Waals surface area contributed by atoms with E-state index in [9.17, 15) is 9.59 Å². The number of nitrogens with one attached hydrogen (secondary N) is 1. The summed E-state index contributed by atoms with van der Waals surface area (Å²) in [4.78, 5) is 36.0. The minimum Gasteiger partial charge on any atom is -0.352 e. The number of hydrogen-bond acceptors (Lipinski definition) is 6. The molecule has 0 spiro atoms. The Bertz CT molecular complexity index is 1530. The predicted molar refractivity (Wildman–Crippen MR) is 130 cm³/mol. The summed E-state index contributed by atoms with van der Waals surface area (Å²) in [5.41, 5.74) is 6.97. The van der Waals surface area contributed by atoms with Crippen molar-refractivity contribution in [2.75, 3.05) is 11.9 Å². The van der Waals surface area contributed by atoms with Gasteiger partial charge in [-0.1, -0.05) is 30.2 Å². The fourth-order valence-electron chi connectivity index (χ4n) is 3.90. The summed E-state index contributed by atoms with van der Waals surface area (Å²) in [6.07, 6.45) is 0. The van der Waals surface area contributed by atoms with E-state index in [-0.39, 0.29) is 19.1 Å². The normalized spacial score (nSPS) is 12.0. The van der Waals surface area contributed by atoms with Crippen LogP contribution in [0.5, 0.6) is 0 Å². The van der Waals surface area contributed by atoms with Gasteiger partial charge < -0.3 is 11.1 Å². The van der Waals surface area contributed by atoms with Gasteiger partial charge in [-0.2, -0.15) is 4.98 Å². The molecule has 0 saturated carbocycles. The van der Waals surface area contributed by atoms with Crippen molar-refractivity contribution >= 4 is 27.9 Å². The van der Waals surface area contributed by atoms with Gasteiger partial charge in [0.2, 0.25) is 5.95 Å². The van der Waals surface area contributed by atoms with Crippen molar-refractivity contribution in [3.8, 4) is 11.8 Å². The monoisotopic (exact) mass is 445 g/mol. The highest BCUT2D eigenvalue weighted by atomic mass is 16.2. The molecule has 33 heavy (non-hydrogen) atoms. The number of hydrogen-bond donors (Lipinski definition) is 2. The molecule has 0 saturated heterocycles. The number of nitrogens with zero attached hydrogens (tertiary/aromatic N) is 5. The number of aryl methyl sites for hydroxylation is 2. The Morgan fingerprint density at radius 3 is 2.67 bits per heavy atom. The van der Waals surface area contributed by atoms with Gasteiger partial charge in [0.25, 0.3) is 5.56 Å². The van der Waals surface area contributed by atoms with E-state index in [0.29, 0.717) is 29.4 Å². The Balaban J connectivity index is 1.96. The van der Waals surface area contributed by atoms with Crippen LogP contribution in [-0.2, 0) is 20.1 Å². The van der Waals surface area contributed by atoms with Crippen molar-refractivity contribution in [3.63, 3.8) is 0 Å². The fourth-order valence-corrected chi connectivity index (χ4v) is 3.90. The van der Waals surface area contributed by atoms with E-state index in [1.54, 1.807) is 18.5 Å². The first-order valence-electron chi connectivity index (χ1n) is 10.8. The molecule has 0 fully saturated rings. The third-order valence-corrected chi connectivity index (χ3v) is 5.63. The van der Waals surface area contributed by atoms with Crippen LogP contribution in [0.25, 0.3) is 21.9 Å². The lowest BCUT2D eigenvalue weighted by Crippen LogP contribution is -2.40. The zero-order chi connectivity index (χ0) is 23.7. The molecular formula is C24H27N7O2. The molecule has 4 aromatic rings. The molecule has 0 aliphatic rings. The fraction of sp³-hybridized carbons (Fsp3) is 0.333. The lowest BCUT2D eigenvalue weighted by atomic mass is 10.1. The van der Waals surface area contributed by atoms with E-state index in [1.165, 1.54) is 9.13 Å². The smallest absolute Gasteiger partial charge is 0.332 e. The Labute approximate surface area is 190 Å². The molecule has 170 valence electrons. The van der Waals surface area contributed by atoms with Gasteiger partial charge in [0.05, 0.1) is 18.8 Å². The first-order valence-corrected chi connectivity index (χ1v) is 10.8. The maximum absolute atomic E-state index is 13.6. The van der Waals surface area contributed by atoms with Crippen molar-refractivity contribution < 1.29 is 0 Å². The second-order valence-corrected chi connectivity index (χ2v) is 8.07. The third-order valence-electron chi connectivity index (χ3n) is 5.63. The van der Waals surface area contributed by atoms with Gasteiger partial charge >= 0.3 is 5.69 Å². The molecular weight excluding hydrogens is 418 g/mol. The number of imidazole rings is 1. The van der Waals surface area contributed by atoms with Crippen molar-refractivity contribution in [2.45, 2.75) is 39.9 Å². The molecule has 0 unspecified atom stereocenters. The number of anilines is 1. The van der Waals surface area contributed by atoms with E-state index in [2.05, 4.69) is 27.1 Å². The molecule has 3 heterocycles. The van der Waals surface area contributed by atoms with Crippen LogP contribution in [0.3, 0.4) is 0 Å². The number of fused-ring (bicyclic) bond motifs is 2. The lowest BCUT2D eigenvalue weighted by molar-refractivity contribution is 0.646. The number of nitrogens with two attached hydrogens (primary N) is 1. The lowest BCUT2D eigenvalue weighted by Gasteiger charge is -2.13. The first kappa shape index (κ1) is 22.3. The Morgan fingerprint density at radius 1 is 1.18 bits per heavy atom. The van der Waals surface area contributed by atoms with Gasteiger partial charge in [0, 0.05) is 30.7 Å². The topological polar surface area (TPSA) is 113 Å². The average molecular weight is 446 g/mol. The van der Waals surface area contributed by atoms with Crippen LogP contribution in [0.1, 0.15) is 25.2 Å². The van der Waals surface area contributed by atoms with Crippen LogP contribution in [0.15, 0.2) is 39.9 Å². The summed E-state index contributed by atoms with van der Waals surface area (Å²) < 4.78 is 4.31. The average Bonchev–Trinajstić information content (AvgIpc) is 3.16. The number of rotatable bonds is 6. The number of aromatic nitrogens is 5. The van der Waals surface area contributed by atoms with Gasteiger partial charge in [0.1, 0.15) is 0 Å². The summed E-state index contributed by atoms with van der Waals surface area (Å²) in [5, 5.41) is 5.13. The summed E-state index contributed by atoms with van der Waals surface area (Å²) in [6.45, 7) is 6.24. The zero-order valence-corrected chi connectivity index (χ0v) is 19.2. The highest BCUT2D eigenvalue weighted by Gasteiger charge is 2.21. The maximum atomic E-state index is 13.6. The van der Waals surface area contributed by atoms with Gasteiger partial charge in [0.15, 0.2) is 11.2 Å². The second kappa shape index (κ2) is 8.92. The second-order valence-electron chi connectivity index (χ2n) is 8.07. The highest BCUT2D eigenvalue weighted by molar-refractivity contribution is 5.85. The van der Waals surface area contributed by atoms with Crippen LogP contribution in [-0.4, -0.2) is 36.3 Å². The molecule has 3 aromatic heterocycles. The minimum atomic E-state index is -0.454. The number of pyridine rings is 1. The summed E-state index contributed by atoms with van der Waals surface area (Å²) in [6, 6.07) is 9.72. The van der Waals surface area contributed by atoms with Crippen LogP contribution >= 0.6 is 0 Å². The molecule has 0 bridgehead atoms. The van der Waals surface area contributed by atoms with Crippen LogP contribution in [0, 0.1) is 18.8 Å². The van der Waals surface area contributed by atoms with Crippen molar-refractivity contribution in [1.82, 2.24) is 23.7 Å². The third kappa shape index (κ3) is 4.01. The van der Waals surface area contributed by atoms with Gasteiger partial charge in [-0.25, -0.2) is 4.79 Å². The standard InChI is InChI=1S/C24H27N7O2/c1-5-6-11-30-20-21(28-23(30)27-16(3)13-25)29(4)24(33)31(22(20)32)14-19-18-10-8-7-9-17(18)12-15(2)26-19/h7-10,12,16H,11,13-14,25H2,1-4H3,(H,27,28)/t16-/m1/s1. The van der Waals surface area contributed by atoms with Crippen molar-refractivity contribution in [3.05, 3.63) is 62.6 Å². The van der Waals surface area contributed by atoms with E-state index in [1.807, 2.05) is 44.2 Å². The van der Waals surface area contributed by atoms with E-state index >= 15 is 0 Å². The Hall–Kier alpha value is -3.90. The van der Waals surface area contributed by atoms with Gasteiger partial charge in [-0.15, -0.1) is 5.92 Å². The summed E-state index contributed by atoms with van der Waals surface area (Å²) in [7, 11) is 1.61. The molecule has 1 atom stereocenters. The summed E-state index contributed by atoms with van der Waals surface area (Å²) >= 11 is 0. The quantitative estimate of drug-likeness (QED) is 0.436. The van der Waals surface area contributed by atoms with E-state index in [4.69, 9.17) is 5.73 Å². The number of benzene rings is 1. The Kier molecular flexibility index (Phi) is 6.03. The van der Waals surface area contributed by atoms with Gasteiger partial charge in [-0.3, -0.25) is 23.5 Å². The molecule has 1 aromatic carbocycles. The Morgan fingerprint density at radius 2 is 1.94 bits per heavy atom.